The van der Waals surface area contributed by atoms with E-state index < -0.39 is 15.7 Å². The molecule has 0 fully saturated rings. The number of allylic oxidation sites excluding steroid dienone is 4. The van der Waals surface area contributed by atoms with Crippen LogP contribution in [0.1, 0.15) is 60.9 Å². The topological polar surface area (TPSA) is 113 Å². The van der Waals surface area contributed by atoms with Crippen molar-refractivity contribution in [1.29, 1.82) is 0 Å². The summed E-state index contributed by atoms with van der Waals surface area (Å²) in [7, 11) is -3.41. The second-order valence-electron chi connectivity index (χ2n) is 9.72. The third kappa shape index (κ3) is 10.1. The molecule has 4 N–H and O–H groups in total. The third-order valence-corrected chi connectivity index (χ3v) is 8.24. The van der Waals surface area contributed by atoms with Crippen molar-refractivity contribution in [3.05, 3.63) is 82.7 Å². The monoisotopic (exact) mass is 555 g/mol. The van der Waals surface area contributed by atoms with E-state index in [1.54, 1.807) is 31.2 Å². The number of H-pyrrole nitrogens is 1. The Morgan fingerprint density at radius 1 is 1.15 bits per heavy atom. The van der Waals surface area contributed by atoms with Crippen molar-refractivity contribution in [2.75, 3.05) is 37.7 Å². The normalized spacial score (nSPS) is 14.7. The van der Waals surface area contributed by atoms with Gasteiger partial charge in [-0.25, -0.2) is 8.42 Å². The molecule has 0 atom stereocenters. The lowest BCUT2D eigenvalue weighted by Crippen LogP contribution is -3.12. The number of aryl methyl sites for hydroxylation is 1. The zero-order valence-electron chi connectivity index (χ0n) is 23.8. The van der Waals surface area contributed by atoms with Crippen LogP contribution in [-0.2, 0) is 14.6 Å². The van der Waals surface area contributed by atoms with E-state index in [9.17, 15) is 18.0 Å². The number of aromatic amines is 1. The molecule has 1 aromatic rings. The van der Waals surface area contributed by atoms with Gasteiger partial charge in [-0.3, -0.25) is 9.59 Å². The van der Waals surface area contributed by atoms with E-state index in [2.05, 4.69) is 29.5 Å². The van der Waals surface area contributed by atoms with Crippen LogP contribution in [0.3, 0.4) is 0 Å². The molecule has 2 radical (unpaired) electrons. The standard InChI is InChI=1S/C30H42N4O4S/c1-7-16-31-29(35)26(11-10-19-39(37,38)21-25-14-12-22(4)13-15-25)20-27-23(5)28(24(6)33-27)30(36)32-17-18-34(8-2)9-3/h4,7,10-12,14,16,20,33H,8-9,13,15,17-19,21H2,1-3,5-6H3,(H,31,35)(H,32,36)/p+1/b11-10+,16-7+,26-20-. The second kappa shape index (κ2) is 15.4. The quantitative estimate of drug-likeness (QED) is 0.209. The van der Waals surface area contributed by atoms with Gasteiger partial charge in [-0.1, -0.05) is 41.5 Å². The number of quaternary nitrogens is 1. The van der Waals surface area contributed by atoms with Gasteiger partial charge in [0.1, 0.15) is 0 Å². The summed E-state index contributed by atoms with van der Waals surface area (Å²) in [5, 5.41) is 5.67. The minimum absolute atomic E-state index is 0.0475. The number of nitrogens with one attached hydrogen (secondary N) is 4. The Balaban J connectivity index is 2.23. The first-order chi connectivity index (χ1) is 18.5. The van der Waals surface area contributed by atoms with Crippen LogP contribution in [0, 0.1) is 20.8 Å². The molecule has 2 amide bonds. The predicted octanol–water partition coefficient (Wildman–Crippen LogP) is 2.65. The van der Waals surface area contributed by atoms with Crippen LogP contribution >= 0.6 is 0 Å². The van der Waals surface area contributed by atoms with Gasteiger partial charge < -0.3 is 20.5 Å². The molecule has 39 heavy (non-hydrogen) atoms. The Labute approximate surface area is 233 Å². The number of hydrogen-bond donors (Lipinski definition) is 4. The summed E-state index contributed by atoms with van der Waals surface area (Å²) < 4.78 is 25.4. The first-order valence-corrected chi connectivity index (χ1v) is 15.3. The van der Waals surface area contributed by atoms with E-state index in [1.165, 1.54) is 23.3 Å². The molecule has 0 bridgehead atoms. The lowest BCUT2D eigenvalue weighted by Gasteiger charge is -2.15. The molecule has 1 heterocycles. The molecule has 0 saturated heterocycles. The fraction of sp³-hybridized carbons (Fsp3) is 0.433. The maximum atomic E-state index is 12.9. The van der Waals surface area contributed by atoms with Crippen molar-refractivity contribution in [2.24, 2.45) is 0 Å². The molecule has 8 nitrogen and oxygen atoms in total. The van der Waals surface area contributed by atoms with E-state index in [-0.39, 0.29) is 23.0 Å². The molecule has 1 aliphatic carbocycles. The van der Waals surface area contributed by atoms with Crippen LogP contribution < -0.4 is 15.5 Å². The SMILES string of the molecule is [CH]C1=CC=C(CS(=O)(=O)C/C=C/C(=C/c2[nH]c(C)c(C(=O)NCC[NH+](CC)CC)c2C)C(=O)N/C=C/C)CC1. The number of sulfone groups is 1. The van der Waals surface area contributed by atoms with Gasteiger partial charge in [-0.15, -0.1) is 0 Å². The fourth-order valence-corrected chi connectivity index (χ4v) is 5.68. The van der Waals surface area contributed by atoms with Gasteiger partial charge in [0.25, 0.3) is 11.8 Å². The van der Waals surface area contributed by atoms with Crippen molar-refractivity contribution < 1.29 is 22.9 Å². The van der Waals surface area contributed by atoms with Gasteiger partial charge in [0.05, 0.1) is 43.2 Å². The second-order valence-corrected chi connectivity index (χ2v) is 11.8. The van der Waals surface area contributed by atoms with Crippen molar-refractivity contribution in [3.8, 4) is 0 Å². The van der Waals surface area contributed by atoms with E-state index in [0.29, 0.717) is 41.9 Å². The molecule has 9 heteroatoms. The van der Waals surface area contributed by atoms with Gasteiger partial charge in [-0.2, -0.15) is 0 Å². The molecule has 212 valence electrons. The Kier molecular flexibility index (Phi) is 12.7. The zero-order chi connectivity index (χ0) is 29.0. The minimum Gasteiger partial charge on any atom is -0.358 e. The number of rotatable bonds is 14. The summed E-state index contributed by atoms with van der Waals surface area (Å²) in [5.74, 6) is -0.809. The van der Waals surface area contributed by atoms with E-state index >= 15 is 0 Å². The van der Waals surface area contributed by atoms with Gasteiger partial charge in [0.2, 0.25) is 0 Å². The highest BCUT2D eigenvalue weighted by atomic mass is 32.2. The zero-order valence-corrected chi connectivity index (χ0v) is 24.6. The molecule has 2 rings (SSSR count). The van der Waals surface area contributed by atoms with Crippen molar-refractivity contribution in [3.63, 3.8) is 0 Å². The van der Waals surface area contributed by atoms with Crippen LogP contribution in [0.2, 0.25) is 0 Å². The fourth-order valence-electron chi connectivity index (χ4n) is 4.37. The van der Waals surface area contributed by atoms with Crippen LogP contribution in [0.25, 0.3) is 6.08 Å². The van der Waals surface area contributed by atoms with Gasteiger partial charge in [-0.05, 0) is 72.2 Å². The third-order valence-electron chi connectivity index (χ3n) is 6.73. The van der Waals surface area contributed by atoms with Crippen LogP contribution in [0.4, 0.5) is 0 Å². The number of aromatic nitrogens is 1. The Bertz CT molecular complexity index is 1280. The summed E-state index contributed by atoms with van der Waals surface area (Å²) >= 11 is 0. The predicted molar refractivity (Wildman–Crippen MR) is 158 cm³/mol. The Morgan fingerprint density at radius 2 is 1.87 bits per heavy atom. The van der Waals surface area contributed by atoms with E-state index in [1.807, 2.05) is 13.8 Å². The lowest BCUT2D eigenvalue weighted by atomic mass is 10.0. The van der Waals surface area contributed by atoms with Gasteiger partial charge >= 0.3 is 0 Å². The van der Waals surface area contributed by atoms with E-state index in [0.717, 1.165) is 30.8 Å². The van der Waals surface area contributed by atoms with Gasteiger partial charge in [0, 0.05) is 17.0 Å². The van der Waals surface area contributed by atoms with E-state index in [4.69, 9.17) is 6.92 Å². The highest BCUT2D eigenvalue weighted by Crippen LogP contribution is 2.21. The number of amides is 2. The highest BCUT2D eigenvalue weighted by molar-refractivity contribution is 7.91. The van der Waals surface area contributed by atoms with Crippen LogP contribution in [0.15, 0.2) is 53.3 Å². The summed E-state index contributed by atoms with van der Waals surface area (Å²) in [6.07, 6.45) is 12.6. The molecule has 0 spiro atoms. The lowest BCUT2D eigenvalue weighted by molar-refractivity contribution is -0.895. The largest absolute Gasteiger partial charge is 0.358 e. The molecule has 0 unspecified atom stereocenters. The summed E-state index contributed by atoms with van der Waals surface area (Å²) in [6.45, 7) is 18.8. The molecule has 1 aromatic heterocycles. The first kappa shape index (κ1) is 32.0. The minimum atomic E-state index is -3.41. The summed E-state index contributed by atoms with van der Waals surface area (Å²) in [5.41, 5.74) is 4.40. The van der Waals surface area contributed by atoms with Crippen LogP contribution in [-0.4, -0.2) is 62.9 Å². The van der Waals surface area contributed by atoms with Crippen LogP contribution in [0.5, 0.6) is 0 Å². The van der Waals surface area contributed by atoms with Crippen molar-refractivity contribution in [2.45, 2.75) is 47.5 Å². The Hall–Kier alpha value is -3.17. The molecule has 0 aliphatic heterocycles. The number of likely N-dealkylation sites (N-methyl/N-ethyl adjacent to an activating group) is 1. The smallest absolute Gasteiger partial charge is 0.255 e. The molecule has 1 aliphatic rings. The Morgan fingerprint density at radius 3 is 2.49 bits per heavy atom. The first-order valence-electron chi connectivity index (χ1n) is 13.5. The highest BCUT2D eigenvalue weighted by Gasteiger charge is 2.19. The molecular weight excluding hydrogens is 512 g/mol. The molecule has 0 aromatic carbocycles. The summed E-state index contributed by atoms with van der Waals surface area (Å²) in [6, 6.07) is 0. The number of hydrogen-bond acceptors (Lipinski definition) is 4. The average Bonchev–Trinajstić information content (AvgIpc) is 3.17. The molecular formula is C30H43N4O4S+. The molecule has 0 saturated carbocycles. The number of carbonyl (C=O) groups excluding carboxylic acids is 2. The maximum absolute atomic E-state index is 12.9. The van der Waals surface area contributed by atoms with Crippen molar-refractivity contribution >= 4 is 27.7 Å². The maximum Gasteiger partial charge on any atom is 0.255 e. The van der Waals surface area contributed by atoms with Crippen molar-refractivity contribution in [1.82, 2.24) is 15.6 Å². The number of carbonyl (C=O) groups is 2. The van der Waals surface area contributed by atoms with Gasteiger partial charge in [0.15, 0.2) is 9.84 Å². The average molecular weight is 556 g/mol. The summed E-state index contributed by atoms with van der Waals surface area (Å²) in [4.78, 5) is 30.4.